The molecule has 0 saturated carbocycles. The summed E-state index contributed by atoms with van der Waals surface area (Å²) in [4.78, 5) is 15.9. The van der Waals surface area contributed by atoms with E-state index in [1.54, 1.807) is 31.3 Å². The van der Waals surface area contributed by atoms with Crippen LogP contribution in [0.1, 0.15) is 17.4 Å². The summed E-state index contributed by atoms with van der Waals surface area (Å²) in [5.74, 6) is -0.495. The molecule has 0 N–H and O–H groups in total. The number of aromatic nitrogens is 4. The number of halogens is 1. The van der Waals surface area contributed by atoms with Crippen molar-refractivity contribution in [2.24, 2.45) is 0 Å². The Morgan fingerprint density at radius 1 is 1.38 bits per heavy atom. The molecule has 0 unspecified atom stereocenters. The summed E-state index contributed by atoms with van der Waals surface area (Å²) in [5.41, 5.74) is 1.67. The van der Waals surface area contributed by atoms with Crippen LogP contribution in [0.5, 0.6) is 0 Å². The molecule has 7 heteroatoms. The lowest BCUT2D eigenvalue weighted by atomic mass is 10.2. The van der Waals surface area contributed by atoms with E-state index in [-0.39, 0.29) is 5.69 Å². The maximum Gasteiger partial charge on any atom is 0.360 e. The van der Waals surface area contributed by atoms with Crippen LogP contribution in [0.3, 0.4) is 0 Å². The van der Waals surface area contributed by atoms with E-state index in [1.807, 2.05) is 6.07 Å². The third-order valence-corrected chi connectivity index (χ3v) is 3.14. The van der Waals surface area contributed by atoms with E-state index >= 15 is 0 Å². The van der Waals surface area contributed by atoms with Gasteiger partial charge >= 0.3 is 5.97 Å². The van der Waals surface area contributed by atoms with Crippen molar-refractivity contribution < 1.29 is 9.53 Å². The lowest BCUT2D eigenvalue weighted by molar-refractivity contribution is 0.0519. The van der Waals surface area contributed by atoms with Gasteiger partial charge in [0, 0.05) is 16.6 Å². The van der Waals surface area contributed by atoms with Crippen LogP contribution in [-0.2, 0) is 4.74 Å². The van der Waals surface area contributed by atoms with Crippen molar-refractivity contribution in [2.75, 3.05) is 6.61 Å². The molecule has 0 amide bonds. The lowest BCUT2D eigenvalue weighted by Crippen LogP contribution is -2.04. The maximum absolute atomic E-state index is 11.6. The molecule has 1 aromatic carbocycles. The van der Waals surface area contributed by atoms with Crippen LogP contribution in [-0.4, -0.2) is 32.6 Å². The number of benzene rings is 1. The molecule has 3 aromatic rings. The second-order valence-corrected chi connectivity index (χ2v) is 4.70. The van der Waals surface area contributed by atoms with Crippen LogP contribution in [0, 0.1) is 0 Å². The number of esters is 1. The van der Waals surface area contributed by atoms with Gasteiger partial charge in [0.1, 0.15) is 0 Å². The van der Waals surface area contributed by atoms with Gasteiger partial charge < -0.3 is 4.74 Å². The smallest absolute Gasteiger partial charge is 0.360 e. The Morgan fingerprint density at radius 3 is 3.05 bits per heavy atom. The van der Waals surface area contributed by atoms with Crippen LogP contribution in [0.2, 0.25) is 5.02 Å². The topological polar surface area (TPSA) is 69.9 Å². The molecule has 0 spiro atoms. The number of carbonyl (C=O) groups excluding carboxylic acids is 1. The molecule has 106 valence electrons. The summed E-state index contributed by atoms with van der Waals surface area (Å²) in [6.07, 6.45) is 3.18. The summed E-state index contributed by atoms with van der Waals surface area (Å²) >= 11 is 5.96. The normalized spacial score (nSPS) is 10.8. The number of carbonyl (C=O) groups is 1. The summed E-state index contributed by atoms with van der Waals surface area (Å²) in [5, 5.41) is 9.27. The van der Waals surface area contributed by atoms with Crippen molar-refractivity contribution in [3.05, 3.63) is 47.4 Å². The lowest BCUT2D eigenvalue weighted by Gasteiger charge is -2.05. The first-order valence-electron chi connectivity index (χ1n) is 6.33. The Balaban J connectivity index is 2.07. The van der Waals surface area contributed by atoms with E-state index in [9.17, 15) is 4.79 Å². The van der Waals surface area contributed by atoms with Crippen LogP contribution < -0.4 is 0 Å². The SMILES string of the molecule is CCOC(=O)c1cn(-c2ccnc3cc(Cl)ccc23)nn1. The molecular weight excluding hydrogens is 292 g/mol. The predicted octanol–water partition coefficient (Wildman–Crippen LogP) is 2.65. The van der Waals surface area contributed by atoms with Crippen LogP contribution in [0.15, 0.2) is 36.7 Å². The van der Waals surface area contributed by atoms with Gasteiger partial charge in [-0.1, -0.05) is 16.8 Å². The van der Waals surface area contributed by atoms with Gasteiger partial charge in [-0.05, 0) is 31.2 Å². The molecule has 0 fully saturated rings. The van der Waals surface area contributed by atoms with Crippen molar-refractivity contribution in [1.82, 2.24) is 20.0 Å². The van der Waals surface area contributed by atoms with Gasteiger partial charge in [0.15, 0.2) is 5.69 Å². The Kier molecular flexibility index (Phi) is 3.53. The van der Waals surface area contributed by atoms with Crippen molar-refractivity contribution in [2.45, 2.75) is 6.92 Å². The highest BCUT2D eigenvalue weighted by Crippen LogP contribution is 2.23. The van der Waals surface area contributed by atoms with E-state index in [0.717, 1.165) is 16.6 Å². The fourth-order valence-corrected chi connectivity index (χ4v) is 2.15. The molecule has 2 aromatic heterocycles. The zero-order valence-corrected chi connectivity index (χ0v) is 11.9. The maximum atomic E-state index is 11.6. The van der Waals surface area contributed by atoms with Gasteiger partial charge in [0.2, 0.25) is 0 Å². The van der Waals surface area contributed by atoms with E-state index < -0.39 is 5.97 Å². The minimum Gasteiger partial charge on any atom is -0.461 e. The average molecular weight is 303 g/mol. The van der Waals surface area contributed by atoms with Gasteiger partial charge in [-0.3, -0.25) is 4.98 Å². The number of ether oxygens (including phenoxy) is 1. The second kappa shape index (κ2) is 5.49. The molecule has 0 aliphatic carbocycles. The van der Waals surface area contributed by atoms with E-state index in [4.69, 9.17) is 16.3 Å². The Bertz CT molecular complexity index is 816. The standard InChI is InChI=1S/C14H11ClN4O2/c1-2-21-14(20)12-8-19(18-17-12)13-5-6-16-11-7-9(15)3-4-10(11)13/h3-8H,2H2,1H3. The van der Waals surface area contributed by atoms with Gasteiger partial charge in [-0.2, -0.15) is 0 Å². The predicted molar refractivity (Wildman–Crippen MR) is 77.6 cm³/mol. The summed E-state index contributed by atoms with van der Waals surface area (Å²) in [6.45, 7) is 2.03. The largest absolute Gasteiger partial charge is 0.461 e. The molecule has 0 aliphatic rings. The van der Waals surface area contributed by atoms with Gasteiger partial charge in [-0.15, -0.1) is 5.10 Å². The van der Waals surface area contributed by atoms with Gasteiger partial charge in [0.05, 0.1) is 24.0 Å². The van der Waals surface area contributed by atoms with Gasteiger partial charge in [-0.25, -0.2) is 9.48 Å². The number of hydrogen-bond acceptors (Lipinski definition) is 5. The van der Waals surface area contributed by atoms with E-state index in [1.165, 1.54) is 10.9 Å². The fraction of sp³-hybridized carbons (Fsp3) is 0.143. The highest BCUT2D eigenvalue weighted by molar-refractivity contribution is 6.31. The first-order chi connectivity index (χ1) is 10.2. The first-order valence-corrected chi connectivity index (χ1v) is 6.71. The van der Waals surface area contributed by atoms with Crippen molar-refractivity contribution in [3.63, 3.8) is 0 Å². The molecule has 3 rings (SSSR count). The summed E-state index contributed by atoms with van der Waals surface area (Å²) < 4.78 is 6.41. The number of rotatable bonds is 3. The zero-order chi connectivity index (χ0) is 14.8. The fourth-order valence-electron chi connectivity index (χ4n) is 1.99. The van der Waals surface area contributed by atoms with E-state index in [0.29, 0.717) is 11.6 Å². The Hall–Kier alpha value is -2.47. The summed E-state index contributed by atoms with van der Waals surface area (Å²) in [7, 11) is 0. The molecule has 0 radical (unpaired) electrons. The quantitative estimate of drug-likeness (QED) is 0.696. The van der Waals surface area contributed by atoms with Crippen molar-refractivity contribution >= 4 is 28.5 Å². The highest BCUT2D eigenvalue weighted by atomic mass is 35.5. The minimum atomic E-state index is -0.495. The monoisotopic (exact) mass is 302 g/mol. The third-order valence-electron chi connectivity index (χ3n) is 2.91. The Morgan fingerprint density at radius 2 is 2.24 bits per heavy atom. The van der Waals surface area contributed by atoms with E-state index in [2.05, 4.69) is 15.3 Å². The van der Waals surface area contributed by atoms with Gasteiger partial charge in [0.25, 0.3) is 0 Å². The molecule has 21 heavy (non-hydrogen) atoms. The first kappa shape index (κ1) is 13.5. The van der Waals surface area contributed by atoms with Crippen LogP contribution in [0.25, 0.3) is 16.6 Å². The number of nitrogens with zero attached hydrogens (tertiary/aromatic N) is 4. The van der Waals surface area contributed by atoms with Crippen LogP contribution in [0.4, 0.5) is 0 Å². The molecule has 6 nitrogen and oxygen atoms in total. The number of fused-ring (bicyclic) bond motifs is 1. The highest BCUT2D eigenvalue weighted by Gasteiger charge is 2.13. The Labute approximate surface area is 125 Å². The van der Waals surface area contributed by atoms with Crippen molar-refractivity contribution in [1.29, 1.82) is 0 Å². The molecular formula is C14H11ClN4O2. The summed E-state index contributed by atoms with van der Waals surface area (Å²) in [6, 6.07) is 7.19. The molecule has 0 bridgehead atoms. The number of pyridine rings is 1. The zero-order valence-electron chi connectivity index (χ0n) is 11.2. The molecule has 0 saturated heterocycles. The molecule has 0 aliphatic heterocycles. The molecule has 0 atom stereocenters. The van der Waals surface area contributed by atoms with Crippen molar-refractivity contribution in [3.8, 4) is 5.69 Å². The number of hydrogen-bond donors (Lipinski definition) is 0. The van der Waals surface area contributed by atoms with Crippen LogP contribution >= 0.6 is 11.6 Å². The minimum absolute atomic E-state index is 0.163. The third kappa shape index (κ3) is 2.57. The average Bonchev–Trinajstić information content (AvgIpc) is 2.96. The second-order valence-electron chi connectivity index (χ2n) is 4.26. The molecule has 2 heterocycles.